The summed E-state index contributed by atoms with van der Waals surface area (Å²) in [5.74, 6) is -2.97. The first-order valence-corrected chi connectivity index (χ1v) is 39.9. The molecule has 0 bridgehead atoms. The van der Waals surface area contributed by atoms with E-state index < -0.39 is 159 Å². The van der Waals surface area contributed by atoms with Gasteiger partial charge in [0.1, 0.15) is 73.1 Å². The summed E-state index contributed by atoms with van der Waals surface area (Å²) in [5.41, 5.74) is -1.84. The molecule has 4 fully saturated rings. The fourth-order valence-corrected chi connectivity index (χ4v) is 14.2. The molecule has 17 N–H and O–H groups in total. The molecule has 662 valence electrons. The van der Waals surface area contributed by atoms with E-state index in [1.165, 1.54) is 20.8 Å². The van der Waals surface area contributed by atoms with E-state index in [-0.39, 0.29) is 204 Å². The third-order valence-electron chi connectivity index (χ3n) is 20.3. The van der Waals surface area contributed by atoms with Gasteiger partial charge in [-0.15, -0.1) is 0 Å². The monoisotopic (exact) mass is 1640 g/mol. The summed E-state index contributed by atoms with van der Waals surface area (Å²) in [6.07, 6.45) is -12.6. The van der Waals surface area contributed by atoms with Crippen molar-refractivity contribution in [2.45, 2.75) is 263 Å². The lowest BCUT2D eigenvalue weighted by atomic mass is 9.75. The molecule has 3 aliphatic heterocycles. The van der Waals surface area contributed by atoms with Gasteiger partial charge in [0.25, 0.3) is 0 Å². The van der Waals surface area contributed by atoms with Crippen molar-refractivity contribution < 1.29 is 146 Å². The highest BCUT2D eigenvalue weighted by Crippen LogP contribution is 2.47. The molecule has 1 saturated carbocycles. The van der Waals surface area contributed by atoms with E-state index >= 15 is 0 Å². The highest BCUT2D eigenvalue weighted by molar-refractivity contribution is 5.81. The molecule has 0 aromatic rings. The summed E-state index contributed by atoms with van der Waals surface area (Å²) < 4.78 is 74.2. The number of aliphatic hydroxyl groups excluding tert-OH is 9. The Morgan fingerprint density at radius 1 is 0.421 bits per heavy atom. The first-order chi connectivity index (χ1) is 53.9. The van der Waals surface area contributed by atoms with Crippen molar-refractivity contribution in [2.75, 3.05) is 152 Å². The Labute approximate surface area is 669 Å². The lowest BCUT2D eigenvalue weighted by Gasteiger charge is -2.42. The second kappa shape index (κ2) is 52.0. The predicted molar refractivity (Wildman–Crippen MR) is 407 cm³/mol. The minimum absolute atomic E-state index is 0.0173. The Kier molecular flexibility index (Phi) is 46.2. The summed E-state index contributed by atoms with van der Waals surface area (Å²) in [6.45, 7) is 21.3. The van der Waals surface area contributed by atoms with E-state index in [9.17, 15) is 84.3 Å². The fourth-order valence-electron chi connectivity index (χ4n) is 14.2. The maximum Gasteiger partial charge on any atom is 0.220 e. The molecule has 0 aromatic heterocycles. The maximum absolute atomic E-state index is 14.3. The summed E-state index contributed by atoms with van der Waals surface area (Å²) in [6, 6.07) is -3.37. The van der Waals surface area contributed by atoms with Crippen LogP contribution in [-0.4, -0.2) is 348 Å². The first-order valence-electron chi connectivity index (χ1n) is 39.9. The number of ether oxygens (including phenoxy) is 13. The fraction of sp³-hybridized carbons (Fsp3) is 0.895. The number of carbonyl (C=O) groups is 8. The number of carbonyl (C=O) groups excluding carboxylic acids is 8. The zero-order valence-electron chi connectivity index (χ0n) is 68.8. The molecule has 3 heterocycles. The highest BCUT2D eigenvalue weighted by Gasteiger charge is 2.49. The van der Waals surface area contributed by atoms with E-state index in [1.807, 2.05) is 0 Å². The van der Waals surface area contributed by atoms with Gasteiger partial charge in [0.05, 0.1) is 131 Å². The molecule has 0 spiro atoms. The molecule has 17 atom stereocenters. The molecule has 38 heteroatoms. The molecule has 114 heavy (non-hydrogen) atoms. The minimum Gasteiger partial charge on any atom is -0.394 e. The Morgan fingerprint density at radius 3 is 1.07 bits per heavy atom. The van der Waals surface area contributed by atoms with Crippen LogP contribution in [0.2, 0.25) is 0 Å². The number of amides is 8. The Hall–Kier alpha value is -5.12. The van der Waals surface area contributed by atoms with Crippen LogP contribution < -0.4 is 42.5 Å². The van der Waals surface area contributed by atoms with E-state index in [0.29, 0.717) is 19.1 Å². The molecule has 0 radical (unpaired) electrons. The lowest BCUT2D eigenvalue weighted by molar-refractivity contribution is -0.272. The highest BCUT2D eigenvalue weighted by atomic mass is 16.7. The quantitative estimate of drug-likeness (QED) is 0.0268. The number of nitrogens with one attached hydrogen (secondary N) is 8. The molecule has 8 amide bonds. The number of rotatable bonds is 57. The van der Waals surface area contributed by atoms with Crippen molar-refractivity contribution in [3.05, 3.63) is 0 Å². The normalized spacial score (nSPS) is 27.2. The van der Waals surface area contributed by atoms with E-state index in [4.69, 9.17) is 61.6 Å². The first kappa shape index (κ1) is 101. The van der Waals surface area contributed by atoms with Gasteiger partial charge in [0.15, 0.2) is 18.9 Å². The molecule has 3 saturated heterocycles. The van der Waals surface area contributed by atoms with Gasteiger partial charge in [-0.25, -0.2) is 0 Å². The predicted octanol–water partition coefficient (Wildman–Crippen LogP) is -3.14. The summed E-state index contributed by atoms with van der Waals surface area (Å²) in [4.78, 5) is 104. The van der Waals surface area contributed by atoms with E-state index in [1.54, 1.807) is 0 Å². The third kappa shape index (κ3) is 38.3. The molecule has 4 rings (SSSR count). The zero-order chi connectivity index (χ0) is 84.7. The van der Waals surface area contributed by atoms with Crippen LogP contribution in [0.25, 0.3) is 0 Å². The van der Waals surface area contributed by atoms with Gasteiger partial charge in [-0.3, -0.25) is 38.4 Å². The van der Waals surface area contributed by atoms with Crippen LogP contribution in [0.5, 0.6) is 0 Å². The van der Waals surface area contributed by atoms with Crippen LogP contribution in [0.1, 0.15) is 160 Å². The van der Waals surface area contributed by atoms with Gasteiger partial charge in [0, 0.05) is 84.6 Å². The van der Waals surface area contributed by atoms with Crippen LogP contribution in [0.4, 0.5) is 0 Å². The van der Waals surface area contributed by atoms with Gasteiger partial charge in [0.2, 0.25) is 47.3 Å². The summed E-state index contributed by atoms with van der Waals surface area (Å²) in [5, 5.41) is 113. The van der Waals surface area contributed by atoms with Crippen molar-refractivity contribution in [3.63, 3.8) is 0 Å². The topological polar surface area (TPSA) is 535 Å². The molecule has 1 aliphatic carbocycles. The molecule has 38 nitrogen and oxygen atoms in total. The minimum atomic E-state index is -1.48. The SMILES string of the molecule is CC(=O)NC1C(OCCOCCOCCNC(=O)CCC(CCC(=O)NCCOCCOCCOC2OC(CO)C(O)C(O)C2NC(C)=O)(CCC(=O)NCCOCCOCCOC2OC(CO)C(O)C(O)C2NC(C)=O)NC(=O)CCCC(=O)NCC(C)(C)CC(C)(C)COC2(C)CCC(C(C)(C)C)C2)OC(CO)C(O)C1O. The Bertz CT molecular complexity index is 2620. The lowest BCUT2D eigenvalue weighted by Crippen LogP contribution is -2.64. The van der Waals surface area contributed by atoms with Gasteiger partial charge in [-0.05, 0) is 80.5 Å². The van der Waals surface area contributed by atoms with Crippen LogP contribution in [0, 0.1) is 22.2 Å². The van der Waals surface area contributed by atoms with Gasteiger partial charge in [-0.2, -0.15) is 0 Å². The third-order valence-corrected chi connectivity index (χ3v) is 20.3. The standard InChI is InChI=1S/C76H138N8O30/c1-48(88)81-60-66(99)63(96)52(42-85)112-69(60)108-38-35-105-32-29-102-26-23-77-56(92)16-20-76(21-17-57(93)78-24-27-103-30-33-106-36-39-109-70-61(82-49(2)89)67(100)64(97)53(43-86)113-70,22-18-58(94)79-25-28-104-31-34-107-37-40-110-71-62(83-50(3)90)68(101)65(98)54(44-87)114-71)84-59(95)14-12-13-55(91)80-46-73(7,8)45-74(9,10)47-111-75(11)19-15-51(41-75)72(4,5)6/h51-54,60-71,85-87,96-101H,12-47H2,1-11H3,(H,77,92)(H,78,93)(H,79,94)(H,80,91)(H,81,88)(H,82,89)(H,83,90)(H,84,95). The van der Waals surface area contributed by atoms with E-state index in [0.717, 1.165) is 25.7 Å². The molecular formula is C76H138N8O30. The van der Waals surface area contributed by atoms with Crippen molar-refractivity contribution in [3.8, 4) is 0 Å². The van der Waals surface area contributed by atoms with Crippen molar-refractivity contribution in [1.29, 1.82) is 0 Å². The molecule has 4 aliphatic rings. The van der Waals surface area contributed by atoms with Crippen LogP contribution in [0.15, 0.2) is 0 Å². The summed E-state index contributed by atoms with van der Waals surface area (Å²) >= 11 is 0. The average molecular weight is 1640 g/mol. The van der Waals surface area contributed by atoms with Gasteiger partial charge in [-0.1, -0.05) is 48.5 Å². The maximum atomic E-state index is 14.3. The van der Waals surface area contributed by atoms with Crippen molar-refractivity contribution in [2.24, 2.45) is 22.2 Å². The molecule has 0 aromatic carbocycles. The molecular weight excluding hydrogens is 1500 g/mol. The Morgan fingerprint density at radius 2 is 0.746 bits per heavy atom. The number of hydrogen-bond acceptors (Lipinski definition) is 30. The average Bonchev–Trinajstić information content (AvgIpc) is 0.819. The number of aliphatic hydroxyl groups is 9. The molecule has 17 unspecified atom stereocenters. The largest absolute Gasteiger partial charge is 0.394 e. The van der Waals surface area contributed by atoms with Crippen molar-refractivity contribution in [1.82, 2.24) is 42.5 Å². The van der Waals surface area contributed by atoms with Crippen LogP contribution in [0.3, 0.4) is 0 Å². The van der Waals surface area contributed by atoms with Crippen LogP contribution in [-0.2, 0) is 99.9 Å². The van der Waals surface area contributed by atoms with Gasteiger partial charge < -0.3 is 150 Å². The van der Waals surface area contributed by atoms with Crippen LogP contribution >= 0.6 is 0 Å². The van der Waals surface area contributed by atoms with Gasteiger partial charge >= 0.3 is 0 Å². The van der Waals surface area contributed by atoms with Crippen molar-refractivity contribution >= 4 is 47.3 Å². The second-order valence-corrected chi connectivity index (χ2v) is 32.6. The summed E-state index contributed by atoms with van der Waals surface area (Å²) in [7, 11) is 0. The Balaban J connectivity index is 1.37. The second-order valence-electron chi connectivity index (χ2n) is 32.6. The smallest absolute Gasteiger partial charge is 0.220 e. The number of hydrogen-bond donors (Lipinski definition) is 17. The van der Waals surface area contributed by atoms with E-state index in [2.05, 4.69) is 97.9 Å². The zero-order valence-corrected chi connectivity index (χ0v) is 68.8.